The maximum Gasteiger partial charge on any atom is 0.223 e. The largest absolute Gasteiger partial charge is 0.332 e. The van der Waals surface area contributed by atoms with Crippen LogP contribution in [0.2, 0.25) is 0 Å². The van der Waals surface area contributed by atoms with Crippen molar-refractivity contribution < 1.29 is 4.79 Å². The van der Waals surface area contributed by atoms with Gasteiger partial charge in [0.15, 0.2) is 0 Å². The number of carbonyl (C=O) groups is 1. The molecule has 0 N–H and O–H groups in total. The average Bonchev–Trinajstić information content (AvgIpc) is 3.00. The molecule has 1 aliphatic heterocycles. The summed E-state index contributed by atoms with van der Waals surface area (Å²) in [4.78, 5) is 18.7. The van der Waals surface area contributed by atoms with Crippen LogP contribution in [0.3, 0.4) is 0 Å². The number of amides is 1. The van der Waals surface area contributed by atoms with Crippen LogP contribution >= 0.6 is 0 Å². The zero-order chi connectivity index (χ0) is 16.7. The SMILES string of the molecule is C=CC[C@H]1CC(C)=C[C@H](CC=C)N1C(=O)CCCn1cncn1. The maximum absolute atomic E-state index is 12.8. The molecule has 23 heavy (non-hydrogen) atoms. The number of hydrogen-bond acceptors (Lipinski definition) is 3. The summed E-state index contributed by atoms with van der Waals surface area (Å²) in [6, 6.07) is 0.325. The van der Waals surface area contributed by atoms with Crippen LogP contribution in [-0.2, 0) is 11.3 Å². The van der Waals surface area contributed by atoms with E-state index in [1.54, 1.807) is 11.0 Å². The van der Waals surface area contributed by atoms with Crippen molar-refractivity contribution in [2.45, 2.75) is 57.7 Å². The van der Waals surface area contributed by atoms with Crippen molar-refractivity contribution in [3.05, 3.63) is 49.6 Å². The Labute approximate surface area is 138 Å². The van der Waals surface area contributed by atoms with Crippen molar-refractivity contribution in [1.82, 2.24) is 19.7 Å². The quantitative estimate of drug-likeness (QED) is 0.693. The Morgan fingerprint density at radius 2 is 2.17 bits per heavy atom. The minimum atomic E-state index is 0.116. The Kier molecular flexibility index (Phi) is 6.32. The predicted octanol–water partition coefficient (Wildman–Crippen LogP) is 3.13. The standard InChI is InChI=1S/C18H26N4O/c1-4-7-16-11-15(3)12-17(8-5-2)22(16)18(23)9-6-10-21-14-19-13-20-21/h4-5,11,13-14,16-17H,1-2,6-10,12H2,3H3/t16-,17-/m0/s1. The summed E-state index contributed by atoms with van der Waals surface area (Å²) in [6.07, 6.45) is 13.0. The number of aryl methyl sites for hydroxylation is 1. The molecule has 0 spiro atoms. The van der Waals surface area contributed by atoms with Gasteiger partial charge in [0.1, 0.15) is 12.7 Å². The van der Waals surface area contributed by atoms with Crippen LogP contribution in [0.15, 0.2) is 49.6 Å². The van der Waals surface area contributed by atoms with Gasteiger partial charge in [-0.1, -0.05) is 23.8 Å². The molecule has 0 saturated carbocycles. The highest BCUT2D eigenvalue weighted by Crippen LogP contribution is 2.27. The zero-order valence-corrected chi connectivity index (χ0v) is 13.9. The Balaban J connectivity index is 2.02. The topological polar surface area (TPSA) is 51.0 Å². The molecule has 1 aromatic rings. The number of aromatic nitrogens is 3. The molecule has 0 fully saturated rings. The first-order valence-corrected chi connectivity index (χ1v) is 8.18. The minimum absolute atomic E-state index is 0.116. The Morgan fingerprint density at radius 3 is 2.83 bits per heavy atom. The van der Waals surface area contributed by atoms with E-state index in [1.807, 2.05) is 17.1 Å². The smallest absolute Gasteiger partial charge is 0.223 e. The van der Waals surface area contributed by atoms with Gasteiger partial charge in [0.2, 0.25) is 5.91 Å². The summed E-state index contributed by atoms with van der Waals surface area (Å²) >= 11 is 0. The van der Waals surface area contributed by atoms with Gasteiger partial charge in [-0.2, -0.15) is 5.10 Å². The van der Waals surface area contributed by atoms with Crippen molar-refractivity contribution in [3.63, 3.8) is 0 Å². The van der Waals surface area contributed by atoms with Crippen LogP contribution < -0.4 is 0 Å². The van der Waals surface area contributed by atoms with Gasteiger partial charge < -0.3 is 4.90 Å². The average molecular weight is 314 g/mol. The highest BCUT2D eigenvalue weighted by atomic mass is 16.2. The minimum Gasteiger partial charge on any atom is -0.332 e. The molecule has 1 amide bonds. The summed E-state index contributed by atoms with van der Waals surface area (Å²) in [5, 5.41) is 4.07. The molecule has 124 valence electrons. The van der Waals surface area contributed by atoms with Crippen LogP contribution in [0.5, 0.6) is 0 Å². The number of carbonyl (C=O) groups excluding carboxylic acids is 1. The van der Waals surface area contributed by atoms with Crippen LogP contribution in [0.4, 0.5) is 0 Å². The molecule has 0 aliphatic carbocycles. The molecule has 2 rings (SSSR count). The van der Waals surface area contributed by atoms with Gasteiger partial charge in [-0.3, -0.25) is 9.48 Å². The van der Waals surface area contributed by atoms with E-state index in [0.717, 1.165) is 25.7 Å². The van der Waals surface area contributed by atoms with E-state index in [1.165, 1.54) is 11.9 Å². The summed E-state index contributed by atoms with van der Waals surface area (Å²) in [6.45, 7) is 10.5. The molecule has 0 unspecified atom stereocenters. The van der Waals surface area contributed by atoms with E-state index in [0.29, 0.717) is 13.0 Å². The Bertz CT molecular complexity index is 562. The monoisotopic (exact) mass is 314 g/mol. The van der Waals surface area contributed by atoms with E-state index in [2.05, 4.69) is 36.2 Å². The first-order valence-electron chi connectivity index (χ1n) is 8.18. The highest BCUT2D eigenvalue weighted by Gasteiger charge is 2.31. The lowest BCUT2D eigenvalue weighted by Gasteiger charge is -2.40. The molecule has 2 heterocycles. The second kappa shape index (κ2) is 8.46. The molecular formula is C18H26N4O. The van der Waals surface area contributed by atoms with Crippen molar-refractivity contribution in [1.29, 1.82) is 0 Å². The number of rotatable bonds is 8. The second-order valence-electron chi connectivity index (χ2n) is 6.05. The van der Waals surface area contributed by atoms with Crippen LogP contribution in [0.25, 0.3) is 0 Å². The third-order valence-corrected chi connectivity index (χ3v) is 4.16. The Morgan fingerprint density at radius 1 is 1.39 bits per heavy atom. The van der Waals surface area contributed by atoms with E-state index in [4.69, 9.17) is 0 Å². The molecule has 5 nitrogen and oxygen atoms in total. The summed E-state index contributed by atoms with van der Waals surface area (Å²) in [5.74, 6) is 0.201. The van der Waals surface area contributed by atoms with Gasteiger partial charge in [0.05, 0.1) is 6.04 Å². The van der Waals surface area contributed by atoms with E-state index in [9.17, 15) is 4.79 Å². The highest BCUT2D eigenvalue weighted by molar-refractivity contribution is 5.77. The van der Waals surface area contributed by atoms with E-state index < -0.39 is 0 Å². The fourth-order valence-electron chi connectivity index (χ4n) is 3.22. The third kappa shape index (κ3) is 4.65. The van der Waals surface area contributed by atoms with Gasteiger partial charge in [0, 0.05) is 19.0 Å². The third-order valence-electron chi connectivity index (χ3n) is 4.16. The molecule has 0 aromatic carbocycles. The summed E-state index contributed by atoms with van der Waals surface area (Å²) in [5.41, 5.74) is 1.34. The van der Waals surface area contributed by atoms with Crippen molar-refractivity contribution in [2.75, 3.05) is 0 Å². The zero-order valence-electron chi connectivity index (χ0n) is 13.9. The van der Waals surface area contributed by atoms with Crippen molar-refractivity contribution >= 4 is 5.91 Å². The predicted molar refractivity (Wildman–Crippen MR) is 91.7 cm³/mol. The van der Waals surface area contributed by atoms with Gasteiger partial charge in [-0.05, 0) is 32.6 Å². The van der Waals surface area contributed by atoms with Gasteiger partial charge in [-0.15, -0.1) is 13.2 Å². The van der Waals surface area contributed by atoms with Crippen LogP contribution in [0, 0.1) is 0 Å². The normalized spacial score (nSPS) is 20.9. The van der Waals surface area contributed by atoms with Crippen molar-refractivity contribution in [3.8, 4) is 0 Å². The fourth-order valence-corrected chi connectivity index (χ4v) is 3.22. The molecule has 0 radical (unpaired) electrons. The maximum atomic E-state index is 12.8. The first-order chi connectivity index (χ1) is 11.2. The lowest BCUT2D eigenvalue weighted by Crippen LogP contribution is -2.48. The van der Waals surface area contributed by atoms with Gasteiger partial charge >= 0.3 is 0 Å². The van der Waals surface area contributed by atoms with E-state index >= 15 is 0 Å². The first kappa shape index (κ1) is 17.2. The van der Waals surface area contributed by atoms with Crippen LogP contribution in [0.1, 0.15) is 39.0 Å². The summed E-state index contributed by atoms with van der Waals surface area (Å²) < 4.78 is 1.76. The van der Waals surface area contributed by atoms with Gasteiger partial charge in [-0.25, -0.2) is 4.98 Å². The molecule has 1 aliphatic rings. The lowest BCUT2D eigenvalue weighted by atomic mass is 9.92. The number of nitrogens with zero attached hydrogens (tertiary/aromatic N) is 4. The summed E-state index contributed by atoms with van der Waals surface area (Å²) in [7, 11) is 0. The van der Waals surface area contributed by atoms with Crippen molar-refractivity contribution in [2.24, 2.45) is 0 Å². The molecule has 2 atom stereocenters. The molecule has 0 bridgehead atoms. The molecule has 5 heteroatoms. The van der Waals surface area contributed by atoms with Gasteiger partial charge in [0.25, 0.3) is 0 Å². The lowest BCUT2D eigenvalue weighted by molar-refractivity contribution is -0.135. The molecular weight excluding hydrogens is 288 g/mol. The van der Waals surface area contributed by atoms with Crippen LogP contribution in [-0.4, -0.2) is 37.7 Å². The molecule has 1 aromatic heterocycles. The fraction of sp³-hybridized carbons (Fsp3) is 0.500. The van der Waals surface area contributed by atoms with E-state index in [-0.39, 0.29) is 18.0 Å². The second-order valence-corrected chi connectivity index (χ2v) is 6.05. The Hall–Kier alpha value is -2.17. The molecule has 0 saturated heterocycles. The number of hydrogen-bond donors (Lipinski definition) is 0.